The highest BCUT2D eigenvalue weighted by Crippen LogP contribution is 2.07. The van der Waals surface area contributed by atoms with E-state index in [0.717, 1.165) is 17.5 Å². The number of aromatic nitrogens is 1. The van der Waals surface area contributed by atoms with E-state index in [0.29, 0.717) is 38.1 Å². The van der Waals surface area contributed by atoms with Gasteiger partial charge in [-0.2, -0.15) is 0 Å². The topological polar surface area (TPSA) is 67.8 Å². The van der Waals surface area contributed by atoms with Gasteiger partial charge in [0.1, 0.15) is 12.4 Å². The van der Waals surface area contributed by atoms with Gasteiger partial charge in [0.15, 0.2) is 5.96 Å². The van der Waals surface area contributed by atoms with Crippen molar-refractivity contribution < 1.29 is 13.9 Å². The molecular weight excluding hydrogens is 462 g/mol. The molecule has 0 unspecified atom stereocenters. The fraction of sp³-hybridized carbons (Fsp3) is 0.368. The van der Waals surface area contributed by atoms with Crippen LogP contribution in [0, 0.1) is 5.82 Å². The maximum Gasteiger partial charge on any atom is 0.213 e. The van der Waals surface area contributed by atoms with Crippen molar-refractivity contribution in [3.8, 4) is 5.88 Å². The third-order valence-corrected chi connectivity index (χ3v) is 3.64. The average molecular weight is 488 g/mol. The zero-order valence-corrected chi connectivity index (χ0v) is 17.9. The fourth-order valence-corrected chi connectivity index (χ4v) is 2.21. The van der Waals surface area contributed by atoms with Crippen LogP contribution in [0.2, 0.25) is 0 Å². The number of guanidine groups is 1. The normalized spacial score (nSPS) is 10.9. The molecule has 0 aliphatic carbocycles. The predicted octanol–water partition coefficient (Wildman–Crippen LogP) is 2.77. The Hall–Kier alpha value is -1.94. The van der Waals surface area contributed by atoms with Gasteiger partial charge in [0.2, 0.25) is 5.88 Å². The maximum absolute atomic E-state index is 12.9. The molecule has 0 atom stereocenters. The van der Waals surface area contributed by atoms with Crippen molar-refractivity contribution in [3.05, 3.63) is 59.5 Å². The van der Waals surface area contributed by atoms with E-state index in [-0.39, 0.29) is 29.8 Å². The largest absolute Gasteiger partial charge is 0.475 e. The third-order valence-electron chi connectivity index (χ3n) is 3.64. The molecule has 0 saturated carbocycles. The highest BCUT2D eigenvalue weighted by molar-refractivity contribution is 14.0. The molecule has 0 amide bonds. The van der Waals surface area contributed by atoms with Crippen LogP contribution in [0.5, 0.6) is 5.88 Å². The molecule has 148 valence electrons. The van der Waals surface area contributed by atoms with Crippen molar-refractivity contribution in [2.45, 2.75) is 13.0 Å². The van der Waals surface area contributed by atoms with Crippen LogP contribution in [0.15, 0.2) is 47.6 Å². The van der Waals surface area contributed by atoms with E-state index < -0.39 is 0 Å². The van der Waals surface area contributed by atoms with Crippen molar-refractivity contribution in [2.24, 2.45) is 4.99 Å². The van der Waals surface area contributed by atoms with Gasteiger partial charge in [-0.25, -0.2) is 9.37 Å². The summed E-state index contributed by atoms with van der Waals surface area (Å²) in [6, 6.07) is 10.3. The van der Waals surface area contributed by atoms with Gasteiger partial charge in [-0.05, 0) is 29.7 Å². The summed E-state index contributed by atoms with van der Waals surface area (Å²) >= 11 is 0. The van der Waals surface area contributed by atoms with Crippen molar-refractivity contribution >= 4 is 29.9 Å². The molecule has 0 aliphatic rings. The van der Waals surface area contributed by atoms with Crippen LogP contribution < -0.4 is 15.4 Å². The number of nitrogens with zero attached hydrogens (tertiary/aromatic N) is 2. The lowest BCUT2D eigenvalue weighted by Crippen LogP contribution is -2.37. The number of hydrogen-bond acceptors (Lipinski definition) is 4. The lowest BCUT2D eigenvalue weighted by Gasteiger charge is -2.12. The number of benzene rings is 1. The standard InChI is InChI=1S/C19H25FN4O2.HI/c1-21-19(22-10-9-15-3-6-17(20)7-4-15)24-14-16-5-8-18(23-13-16)26-12-11-25-2;/h3-8,13H,9-12,14H2,1-2H3,(H2,21,22,24);1H. The highest BCUT2D eigenvalue weighted by atomic mass is 127. The van der Waals surface area contributed by atoms with Gasteiger partial charge < -0.3 is 20.1 Å². The molecule has 6 nitrogen and oxygen atoms in total. The third kappa shape index (κ3) is 9.00. The van der Waals surface area contributed by atoms with Crippen molar-refractivity contribution in [3.63, 3.8) is 0 Å². The molecule has 1 aromatic carbocycles. The van der Waals surface area contributed by atoms with Gasteiger partial charge in [0, 0.05) is 39.5 Å². The van der Waals surface area contributed by atoms with Gasteiger partial charge in [-0.1, -0.05) is 18.2 Å². The first-order valence-corrected chi connectivity index (χ1v) is 8.47. The maximum atomic E-state index is 12.9. The summed E-state index contributed by atoms with van der Waals surface area (Å²) in [5.74, 6) is 1.06. The summed E-state index contributed by atoms with van der Waals surface area (Å²) < 4.78 is 23.3. The molecule has 0 radical (unpaired) electrons. The molecule has 0 spiro atoms. The summed E-state index contributed by atoms with van der Waals surface area (Å²) in [6.45, 7) is 2.31. The molecule has 0 fully saturated rings. The second kappa shape index (κ2) is 13.3. The first-order chi connectivity index (χ1) is 12.7. The number of pyridine rings is 1. The Morgan fingerprint density at radius 1 is 1.07 bits per heavy atom. The summed E-state index contributed by atoms with van der Waals surface area (Å²) in [7, 11) is 3.35. The molecular formula is C19H26FIN4O2. The van der Waals surface area contributed by atoms with Crippen LogP contribution in [-0.4, -0.2) is 44.9 Å². The number of hydrogen-bond donors (Lipinski definition) is 2. The smallest absolute Gasteiger partial charge is 0.213 e. The minimum absolute atomic E-state index is 0. The second-order valence-electron chi connectivity index (χ2n) is 5.57. The van der Waals surface area contributed by atoms with Crippen LogP contribution in [-0.2, 0) is 17.7 Å². The first-order valence-electron chi connectivity index (χ1n) is 8.47. The van der Waals surface area contributed by atoms with Gasteiger partial charge in [-0.3, -0.25) is 4.99 Å². The number of aliphatic imine (C=N–C) groups is 1. The van der Waals surface area contributed by atoms with Crippen molar-refractivity contribution in [1.29, 1.82) is 0 Å². The molecule has 0 aliphatic heterocycles. The quantitative estimate of drug-likeness (QED) is 0.246. The van der Waals surface area contributed by atoms with E-state index >= 15 is 0 Å². The molecule has 0 bridgehead atoms. The number of rotatable bonds is 9. The Bertz CT molecular complexity index is 681. The molecule has 27 heavy (non-hydrogen) atoms. The summed E-state index contributed by atoms with van der Waals surface area (Å²) in [4.78, 5) is 8.45. The molecule has 2 rings (SSSR count). The van der Waals surface area contributed by atoms with Crippen LogP contribution in [0.4, 0.5) is 4.39 Å². The number of nitrogens with one attached hydrogen (secondary N) is 2. The van der Waals surface area contributed by atoms with E-state index in [1.165, 1.54) is 12.1 Å². The second-order valence-corrected chi connectivity index (χ2v) is 5.57. The van der Waals surface area contributed by atoms with Crippen LogP contribution in [0.1, 0.15) is 11.1 Å². The van der Waals surface area contributed by atoms with Crippen molar-refractivity contribution in [1.82, 2.24) is 15.6 Å². The molecule has 1 heterocycles. The Labute approximate surface area is 176 Å². The highest BCUT2D eigenvalue weighted by Gasteiger charge is 2.01. The van der Waals surface area contributed by atoms with E-state index in [2.05, 4.69) is 20.6 Å². The van der Waals surface area contributed by atoms with Crippen LogP contribution in [0.25, 0.3) is 0 Å². The lowest BCUT2D eigenvalue weighted by molar-refractivity contribution is 0.143. The zero-order chi connectivity index (χ0) is 18.6. The molecule has 1 aromatic heterocycles. The zero-order valence-electron chi connectivity index (χ0n) is 15.6. The molecule has 2 aromatic rings. The Morgan fingerprint density at radius 2 is 1.81 bits per heavy atom. The Kier molecular flexibility index (Phi) is 11.3. The number of halogens is 2. The minimum Gasteiger partial charge on any atom is -0.475 e. The monoisotopic (exact) mass is 488 g/mol. The Balaban J connectivity index is 0.00000364. The summed E-state index contributed by atoms with van der Waals surface area (Å²) in [5.41, 5.74) is 2.09. The van der Waals surface area contributed by atoms with Crippen LogP contribution in [0.3, 0.4) is 0 Å². The minimum atomic E-state index is -0.220. The van der Waals surface area contributed by atoms with E-state index in [9.17, 15) is 4.39 Å². The number of methoxy groups -OCH3 is 1. The van der Waals surface area contributed by atoms with E-state index in [4.69, 9.17) is 9.47 Å². The summed E-state index contributed by atoms with van der Waals surface area (Å²) in [5, 5.41) is 6.47. The molecule has 2 N–H and O–H groups in total. The van der Waals surface area contributed by atoms with Crippen molar-refractivity contribution in [2.75, 3.05) is 33.9 Å². The SMILES string of the molecule is CN=C(NCCc1ccc(F)cc1)NCc1ccc(OCCOC)nc1.I. The van der Waals surface area contributed by atoms with Gasteiger partial charge >= 0.3 is 0 Å². The lowest BCUT2D eigenvalue weighted by atomic mass is 10.1. The van der Waals surface area contributed by atoms with Gasteiger partial charge in [0.25, 0.3) is 0 Å². The fourth-order valence-electron chi connectivity index (χ4n) is 2.21. The Morgan fingerprint density at radius 3 is 2.44 bits per heavy atom. The number of ether oxygens (including phenoxy) is 2. The van der Waals surface area contributed by atoms with Gasteiger partial charge in [0.05, 0.1) is 6.61 Å². The molecule has 0 saturated heterocycles. The predicted molar refractivity (Wildman–Crippen MR) is 115 cm³/mol. The summed E-state index contributed by atoms with van der Waals surface area (Å²) in [6.07, 6.45) is 2.55. The molecule has 8 heteroatoms. The van der Waals surface area contributed by atoms with Crippen LogP contribution >= 0.6 is 24.0 Å². The van der Waals surface area contributed by atoms with E-state index in [1.54, 1.807) is 32.5 Å². The van der Waals surface area contributed by atoms with E-state index in [1.807, 2.05) is 12.1 Å². The average Bonchev–Trinajstić information content (AvgIpc) is 2.67. The first kappa shape index (κ1) is 23.1. The van der Waals surface area contributed by atoms with Gasteiger partial charge in [-0.15, -0.1) is 24.0 Å².